The number of nitrogens with zero attached hydrogens (tertiary/aromatic N) is 3. The monoisotopic (exact) mass is 673 g/mol. The summed E-state index contributed by atoms with van der Waals surface area (Å²) in [6.45, 7) is 24.7. The predicted molar refractivity (Wildman–Crippen MR) is 211 cm³/mol. The number of benzene rings is 4. The highest BCUT2D eigenvalue weighted by Gasteiger charge is 2.48. The van der Waals surface area contributed by atoms with Crippen molar-refractivity contribution < 1.29 is 4.74 Å². The number of aryl methyl sites for hydroxylation is 2. The molecular weight excluding hydrogens is 623 g/mol. The Kier molecular flexibility index (Phi) is 8.17. The molecule has 0 saturated heterocycles. The van der Waals surface area contributed by atoms with Crippen molar-refractivity contribution in [2.75, 3.05) is 0 Å². The van der Waals surface area contributed by atoms with Crippen LogP contribution in [0, 0.1) is 13.8 Å². The smallest absolute Gasteiger partial charge is 0.129 e. The van der Waals surface area contributed by atoms with Crippen LogP contribution in [0.15, 0.2) is 109 Å². The van der Waals surface area contributed by atoms with Crippen molar-refractivity contribution in [1.29, 1.82) is 0 Å². The summed E-state index contributed by atoms with van der Waals surface area (Å²) in [5.41, 5.74) is 13.3. The topological polar surface area (TPSA) is 39.9 Å². The molecule has 0 spiro atoms. The molecule has 0 radical (unpaired) electrons. The van der Waals surface area contributed by atoms with Crippen LogP contribution in [-0.4, -0.2) is 14.8 Å². The summed E-state index contributed by atoms with van der Waals surface area (Å²) in [5.74, 6) is 1.56. The van der Waals surface area contributed by atoms with Gasteiger partial charge >= 0.3 is 0 Å². The molecule has 2 heterocycles. The zero-order valence-corrected chi connectivity index (χ0v) is 32.1. The number of rotatable bonds is 5. The highest BCUT2D eigenvalue weighted by molar-refractivity contribution is 5.87. The third kappa shape index (κ3) is 6.09. The molecule has 0 N–H and O–H groups in total. The van der Waals surface area contributed by atoms with Gasteiger partial charge in [-0.1, -0.05) is 117 Å². The Morgan fingerprint density at radius 1 is 0.569 bits per heavy atom. The fourth-order valence-corrected chi connectivity index (χ4v) is 7.60. The molecule has 0 amide bonds. The van der Waals surface area contributed by atoms with E-state index in [4.69, 9.17) is 14.8 Å². The van der Waals surface area contributed by atoms with Gasteiger partial charge in [-0.05, 0) is 117 Å². The molecule has 0 unspecified atom stereocenters. The first-order chi connectivity index (χ1) is 24.0. The summed E-state index contributed by atoms with van der Waals surface area (Å²) in [6.07, 6.45) is 1.93. The largest absolute Gasteiger partial charge is 0.457 e. The van der Waals surface area contributed by atoms with Gasteiger partial charge in [0.15, 0.2) is 0 Å². The SMILES string of the molecule is Cc1cc(C)n(-c2cccc(Oc3cc(C(C)(C)C)cc(C4(c5ccccn5)c5ccc(C(C)(C)C)cc5-c5cc(C(C)(C)C)ccc54)c3)c2)n1. The van der Waals surface area contributed by atoms with E-state index in [0.29, 0.717) is 0 Å². The van der Waals surface area contributed by atoms with Crippen LogP contribution < -0.4 is 4.74 Å². The molecule has 0 atom stereocenters. The van der Waals surface area contributed by atoms with Crippen molar-refractivity contribution in [2.24, 2.45) is 0 Å². The Labute approximate surface area is 304 Å². The van der Waals surface area contributed by atoms with Gasteiger partial charge in [0, 0.05) is 18.0 Å². The molecule has 1 aliphatic rings. The Balaban J connectivity index is 1.51. The number of fused-ring (bicyclic) bond motifs is 3. The van der Waals surface area contributed by atoms with E-state index in [1.807, 2.05) is 36.0 Å². The van der Waals surface area contributed by atoms with Crippen LogP contribution in [0.2, 0.25) is 0 Å². The minimum absolute atomic E-state index is 0.00217. The number of ether oxygens (including phenoxy) is 1. The predicted octanol–water partition coefficient (Wildman–Crippen LogP) is 11.9. The van der Waals surface area contributed by atoms with Crippen molar-refractivity contribution in [3.8, 4) is 28.3 Å². The summed E-state index contributed by atoms with van der Waals surface area (Å²) in [4.78, 5) is 5.16. The maximum Gasteiger partial charge on any atom is 0.129 e. The van der Waals surface area contributed by atoms with Crippen molar-refractivity contribution >= 4 is 0 Å². The van der Waals surface area contributed by atoms with Crippen molar-refractivity contribution in [2.45, 2.75) is 97.8 Å². The second kappa shape index (κ2) is 12.1. The van der Waals surface area contributed by atoms with E-state index in [9.17, 15) is 0 Å². The van der Waals surface area contributed by atoms with Crippen LogP contribution in [0.5, 0.6) is 11.5 Å². The van der Waals surface area contributed by atoms with Gasteiger partial charge in [-0.3, -0.25) is 4.98 Å². The molecule has 0 saturated carbocycles. The van der Waals surface area contributed by atoms with Gasteiger partial charge in [-0.15, -0.1) is 0 Å². The van der Waals surface area contributed by atoms with Crippen LogP contribution in [0.3, 0.4) is 0 Å². The molecule has 7 rings (SSSR count). The lowest BCUT2D eigenvalue weighted by molar-refractivity contribution is 0.476. The van der Waals surface area contributed by atoms with Gasteiger partial charge in [-0.25, -0.2) is 4.68 Å². The summed E-state index contributed by atoms with van der Waals surface area (Å²) in [6, 6.07) is 37.7. The maximum atomic E-state index is 6.85. The van der Waals surface area contributed by atoms with Gasteiger partial charge in [0.25, 0.3) is 0 Å². The van der Waals surface area contributed by atoms with Gasteiger partial charge in [0.05, 0.1) is 22.5 Å². The molecule has 4 aromatic carbocycles. The van der Waals surface area contributed by atoms with Gasteiger partial charge in [-0.2, -0.15) is 5.10 Å². The first-order valence-corrected chi connectivity index (χ1v) is 18.2. The van der Waals surface area contributed by atoms with E-state index in [2.05, 4.69) is 154 Å². The fourth-order valence-electron chi connectivity index (χ4n) is 7.60. The number of pyridine rings is 1. The lowest BCUT2D eigenvalue weighted by Gasteiger charge is -2.35. The molecule has 4 heteroatoms. The van der Waals surface area contributed by atoms with E-state index in [-0.39, 0.29) is 16.2 Å². The molecule has 1 aliphatic carbocycles. The van der Waals surface area contributed by atoms with Crippen LogP contribution in [0.25, 0.3) is 16.8 Å². The number of hydrogen-bond donors (Lipinski definition) is 0. The van der Waals surface area contributed by atoms with Crippen LogP contribution in [0.1, 0.15) is 113 Å². The molecular formula is C47H51N3O. The van der Waals surface area contributed by atoms with E-state index < -0.39 is 5.41 Å². The van der Waals surface area contributed by atoms with Gasteiger partial charge < -0.3 is 4.74 Å². The average molecular weight is 674 g/mol. The van der Waals surface area contributed by atoms with Crippen molar-refractivity contribution in [1.82, 2.24) is 14.8 Å². The van der Waals surface area contributed by atoms with Gasteiger partial charge in [0.2, 0.25) is 0 Å². The van der Waals surface area contributed by atoms with E-state index >= 15 is 0 Å². The Morgan fingerprint density at radius 3 is 1.73 bits per heavy atom. The number of aromatic nitrogens is 3. The van der Waals surface area contributed by atoms with Crippen LogP contribution in [-0.2, 0) is 21.7 Å². The summed E-state index contributed by atoms with van der Waals surface area (Å²) in [7, 11) is 0. The minimum Gasteiger partial charge on any atom is -0.457 e. The molecule has 6 aromatic rings. The maximum absolute atomic E-state index is 6.85. The normalized spacial score (nSPS) is 13.9. The van der Waals surface area contributed by atoms with Crippen LogP contribution >= 0.6 is 0 Å². The second-order valence-corrected chi connectivity index (χ2v) is 17.4. The average Bonchev–Trinajstić information content (AvgIpc) is 3.57. The van der Waals surface area contributed by atoms with Crippen LogP contribution in [0.4, 0.5) is 0 Å². The Morgan fingerprint density at radius 2 is 1.20 bits per heavy atom. The molecule has 2 aromatic heterocycles. The number of hydrogen-bond acceptors (Lipinski definition) is 3. The minimum atomic E-state index is -0.663. The fraction of sp³-hybridized carbons (Fsp3) is 0.319. The third-order valence-electron chi connectivity index (χ3n) is 10.4. The van der Waals surface area contributed by atoms with Gasteiger partial charge in [0.1, 0.15) is 11.5 Å². The highest BCUT2D eigenvalue weighted by atomic mass is 16.5. The van der Waals surface area contributed by atoms with Crippen molar-refractivity contribution in [3.05, 3.63) is 160 Å². The lowest BCUT2D eigenvalue weighted by atomic mass is 9.68. The first kappa shape index (κ1) is 34.5. The zero-order chi connectivity index (χ0) is 36.5. The Hall–Kier alpha value is -4.96. The Bertz CT molecular complexity index is 2190. The summed E-state index contributed by atoms with van der Waals surface area (Å²) >= 11 is 0. The standard InChI is InChI=1S/C47H51N3O/c1-30-23-31(2)50(49-30)36-15-14-16-37(29-36)51-38-25-34(46(9,10)11)24-35(26-38)47(43-17-12-13-22-48-43)41-20-18-32(44(3,4)5)27-39(41)40-28-33(45(6,7)8)19-21-42(40)47/h12-29H,1-11H3. The molecule has 260 valence electrons. The van der Waals surface area contributed by atoms with E-state index in [0.717, 1.165) is 39.8 Å². The highest BCUT2D eigenvalue weighted by Crippen LogP contribution is 2.57. The van der Waals surface area contributed by atoms with E-state index in [1.54, 1.807) is 0 Å². The summed E-state index contributed by atoms with van der Waals surface area (Å²) in [5, 5.41) is 4.72. The molecule has 0 bridgehead atoms. The van der Waals surface area contributed by atoms with Crippen molar-refractivity contribution in [3.63, 3.8) is 0 Å². The third-order valence-corrected chi connectivity index (χ3v) is 10.4. The molecule has 0 fully saturated rings. The molecule has 4 nitrogen and oxygen atoms in total. The quantitative estimate of drug-likeness (QED) is 0.183. The zero-order valence-electron chi connectivity index (χ0n) is 32.1. The lowest BCUT2D eigenvalue weighted by Crippen LogP contribution is -2.30. The second-order valence-electron chi connectivity index (χ2n) is 17.4. The first-order valence-electron chi connectivity index (χ1n) is 18.2. The molecule has 0 aliphatic heterocycles. The summed E-state index contributed by atoms with van der Waals surface area (Å²) < 4.78 is 8.82. The molecule has 51 heavy (non-hydrogen) atoms. The van der Waals surface area contributed by atoms with E-state index in [1.165, 1.54) is 38.9 Å².